The van der Waals surface area contributed by atoms with Crippen molar-refractivity contribution in [2.45, 2.75) is 18.9 Å². The molecule has 2 aliphatic rings. The predicted octanol–water partition coefficient (Wildman–Crippen LogP) is 2.57. The average molecular weight is 395 g/mol. The largest absolute Gasteiger partial charge is 0.339 e. The second kappa shape index (κ2) is 7.05. The standard InChI is InChI=1S/C21H22N4O2S/c26-20(13-25-14-22-17-4-1-2-5-18(17)25)23-7-9-24(10-8-23)21(27)16-12-15(16)19-6-3-11-28-19/h1-6,11,14-16H,7-10,12-13H2/t15-,16+/m0/s1. The van der Waals surface area contributed by atoms with E-state index in [1.54, 1.807) is 17.7 Å². The molecule has 1 aliphatic heterocycles. The summed E-state index contributed by atoms with van der Waals surface area (Å²) in [5.41, 5.74) is 1.87. The maximum Gasteiger partial charge on any atom is 0.242 e. The van der Waals surface area contributed by atoms with Crippen LogP contribution in [0.4, 0.5) is 0 Å². The van der Waals surface area contributed by atoms with Crippen LogP contribution in [0.1, 0.15) is 17.2 Å². The van der Waals surface area contributed by atoms with E-state index in [1.807, 2.05) is 44.7 Å². The van der Waals surface area contributed by atoms with Crippen LogP contribution in [-0.4, -0.2) is 57.3 Å². The number of thiophene rings is 1. The molecule has 1 saturated heterocycles. The Balaban J connectivity index is 1.16. The van der Waals surface area contributed by atoms with Crippen molar-refractivity contribution in [2.75, 3.05) is 26.2 Å². The number of aromatic nitrogens is 2. The van der Waals surface area contributed by atoms with Crippen molar-refractivity contribution >= 4 is 34.2 Å². The number of nitrogens with zero attached hydrogens (tertiary/aromatic N) is 4. The molecule has 2 fully saturated rings. The van der Waals surface area contributed by atoms with Crippen molar-refractivity contribution in [2.24, 2.45) is 5.92 Å². The maximum atomic E-state index is 12.8. The van der Waals surface area contributed by atoms with Gasteiger partial charge in [0.15, 0.2) is 0 Å². The normalized spacial score (nSPS) is 21.9. The average Bonchev–Trinajstić information content (AvgIpc) is 3.14. The van der Waals surface area contributed by atoms with Gasteiger partial charge in [-0.1, -0.05) is 18.2 Å². The number of carbonyl (C=O) groups is 2. The van der Waals surface area contributed by atoms with E-state index in [-0.39, 0.29) is 24.3 Å². The number of hydrogen-bond acceptors (Lipinski definition) is 4. The summed E-state index contributed by atoms with van der Waals surface area (Å²) in [7, 11) is 0. The van der Waals surface area contributed by atoms with Crippen molar-refractivity contribution in [3.63, 3.8) is 0 Å². The molecule has 0 bridgehead atoms. The summed E-state index contributed by atoms with van der Waals surface area (Å²) in [4.78, 5) is 34.9. The van der Waals surface area contributed by atoms with Crippen molar-refractivity contribution in [3.8, 4) is 0 Å². The number of hydrogen-bond donors (Lipinski definition) is 0. The molecule has 0 N–H and O–H groups in total. The summed E-state index contributed by atoms with van der Waals surface area (Å²) < 4.78 is 1.89. The predicted molar refractivity (Wildman–Crippen MR) is 108 cm³/mol. The smallest absolute Gasteiger partial charge is 0.242 e. The number of rotatable bonds is 4. The van der Waals surface area contributed by atoms with Crippen LogP contribution >= 0.6 is 11.3 Å². The van der Waals surface area contributed by atoms with E-state index >= 15 is 0 Å². The van der Waals surface area contributed by atoms with Gasteiger partial charge >= 0.3 is 0 Å². The first-order valence-corrected chi connectivity index (χ1v) is 10.6. The molecule has 2 atom stereocenters. The number of para-hydroxylation sites is 2. The van der Waals surface area contributed by atoms with Crippen LogP contribution in [0.15, 0.2) is 48.1 Å². The van der Waals surface area contributed by atoms with Crippen LogP contribution in [0, 0.1) is 5.92 Å². The van der Waals surface area contributed by atoms with Gasteiger partial charge in [-0.15, -0.1) is 11.3 Å². The van der Waals surface area contributed by atoms with E-state index in [4.69, 9.17) is 0 Å². The lowest BCUT2D eigenvalue weighted by atomic mass is 10.2. The van der Waals surface area contributed by atoms with Gasteiger partial charge in [0.25, 0.3) is 0 Å². The minimum Gasteiger partial charge on any atom is -0.339 e. The van der Waals surface area contributed by atoms with Crippen LogP contribution in [0.25, 0.3) is 11.0 Å². The van der Waals surface area contributed by atoms with E-state index in [9.17, 15) is 9.59 Å². The number of fused-ring (bicyclic) bond motifs is 1. The zero-order valence-electron chi connectivity index (χ0n) is 15.5. The second-order valence-corrected chi connectivity index (χ2v) is 8.51. The highest BCUT2D eigenvalue weighted by Crippen LogP contribution is 2.50. The maximum absolute atomic E-state index is 12.8. The van der Waals surface area contributed by atoms with E-state index in [0.717, 1.165) is 17.5 Å². The first-order valence-electron chi connectivity index (χ1n) is 9.70. The van der Waals surface area contributed by atoms with Gasteiger partial charge in [0.05, 0.1) is 17.4 Å². The van der Waals surface area contributed by atoms with Gasteiger partial charge in [-0.3, -0.25) is 9.59 Å². The third-order valence-corrected chi connectivity index (χ3v) is 6.80. The lowest BCUT2D eigenvalue weighted by molar-refractivity contribution is -0.140. The molecule has 144 valence electrons. The van der Waals surface area contributed by atoms with E-state index in [2.05, 4.69) is 16.4 Å². The molecule has 1 saturated carbocycles. The summed E-state index contributed by atoms with van der Waals surface area (Å²) in [5, 5.41) is 2.07. The van der Waals surface area contributed by atoms with Gasteiger partial charge in [-0.25, -0.2) is 4.98 Å². The number of benzene rings is 1. The number of amides is 2. The number of imidazole rings is 1. The summed E-state index contributed by atoms with van der Waals surface area (Å²) in [6.07, 6.45) is 2.69. The lowest BCUT2D eigenvalue weighted by Crippen LogP contribution is -2.51. The highest BCUT2D eigenvalue weighted by Gasteiger charge is 2.46. The van der Waals surface area contributed by atoms with E-state index in [0.29, 0.717) is 32.1 Å². The highest BCUT2D eigenvalue weighted by atomic mass is 32.1. The molecule has 1 aliphatic carbocycles. The molecular formula is C21H22N4O2S. The molecule has 3 heterocycles. The van der Waals surface area contributed by atoms with Gasteiger partial charge in [-0.05, 0) is 30.0 Å². The number of carbonyl (C=O) groups excluding carboxylic acids is 2. The third-order valence-electron chi connectivity index (χ3n) is 5.79. The Morgan fingerprint density at radius 2 is 1.82 bits per heavy atom. The molecule has 2 amide bonds. The van der Waals surface area contributed by atoms with Crippen LogP contribution < -0.4 is 0 Å². The quantitative estimate of drug-likeness (QED) is 0.683. The van der Waals surface area contributed by atoms with Crippen LogP contribution in [0.5, 0.6) is 0 Å². The first-order chi connectivity index (χ1) is 13.7. The summed E-state index contributed by atoms with van der Waals surface area (Å²) in [6.45, 7) is 2.75. The summed E-state index contributed by atoms with van der Waals surface area (Å²) in [5.74, 6) is 0.879. The minimum atomic E-state index is 0.0816. The molecule has 28 heavy (non-hydrogen) atoms. The third kappa shape index (κ3) is 3.20. The van der Waals surface area contributed by atoms with Crippen molar-refractivity contribution < 1.29 is 9.59 Å². The topological polar surface area (TPSA) is 58.4 Å². The molecule has 0 unspecified atom stereocenters. The molecule has 1 aromatic carbocycles. The molecule has 0 spiro atoms. The monoisotopic (exact) mass is 394 g/mol. The van der Waals surface area contributed by atoms with Gasteiger partial charge in [-0.2, -0.15) is 0 Å². The van der Waals surface area contributed by atoms with Crippen LogP contribution in [0.2, 0.25) is 0 Å². The molecule has 2 aromatic heterocycles. The van der Waals surface area contributed by atoms with Crippen LogP contribution in [-0.2, 0) is 16.1 Å². The molecule has 6 nitrogen and oxygen atoms in total. The van der Waals surface area contributed by atoms with Gasteiger partial charge in [0.1, 0.15) is 6.54 Å². The lowest BCUT2D eigenvalue weighted by Gasteiger charge is -2.35. The zero-order valence-corrected chi connectivity index (χ0v) is 16.3. The number of piperazine rings is 1. The van der Waals surface area contributed by atoms with Gasteiger partial charge in [0.2, 0.25) is 11.8 Å². The Kier molecular flexibility index (Phi) is 4.39. The Hall–Kier alpha value is -2.67. The fourth-order valence-electron chi connectivity index (χ4n) is 4.08. The SMILES string of the molecule is O=C(Cn1cnc2ccccc21)N1CCN(C(=O)[C@@H]2C[C@@H]2c2cccs2)CC1. The Morgan fingerprint density at radius 3 is 2.61 bits per heavy atom. The Labute approximate surface area is 167 Å². The van der Waals surface area contributed by atoms with Crippen molar-refractivity contribution in [1.82, 2.24) is 19.4 Å². The summed E-state index contributed by atoms with van der Waals surface area (Å²) >= 11 is 1.74. The van der Waals surface area contributed by atoms with Gasteiger partial charge < -0.3 is 14.4 Å². The van der Waals surface area contributed by atoms with E-state index < -0.39 is 0 Å². The second-order valence-electron chi connectivity index (χ2n) is 7.53. The highest BCUT2D eigenvalue weighted by molar-refractivity contribution is 7.10. The van der Waals surface area contributed by atoms with Gasteiger partial charge in [0, 0.05) is 42.9 Å². The molecular weight excluding hydrogens is 372 g/mol. The van der Waals surface area contributed by atoms with Crippen molar-refractivity contribution in [3.05, 3.63) is 53.0 Å². The van der Waals surface area contributed by atoms with Crippen LogP contribution in [0.3, 0.4) is 0 Å². The Morgan fingerprint density at radius 1 is 1.04 bits per heavy atom. The molecule has 3 aromatic rings. The first kappa shape index (κ1) is 17.4. The van der Waals surface area contributed by atoms with E-state index in [1.165, 1.54) is 4.88 Å². The molecule has 0 radical (unpaired) electrons. The fraction of sp³-hybridized carbons (Fsp3) is 0.381. The molecule has 7 heteroatoms. The summed E-state index contributed by atoms with van der Waals surface area (Å²) in [6, 6.07) is 12.0. The fourth-order valence-corrected chi connectivity index (χ4v) is 4.98. The zero-order chi connectivity index (χ0) is 19.1. The Bertz CT molecular complexity index is 1000. The molecule has 5 rings (SSSR count). The van der Waals surface area contributed by atoms with Crippen molar-refractivity contribution in [1.29, 1.82) is 0 Å². The minimum absolute atomic E-state index is 0.0816.